The molecule has 4 heteroatoms. The topological polar surface area (TPSA) is 6.48 Å². The van der Waals surface area contributed by atoms with Crippen LogP contribution >= 0.6 is 11.3 Å². The molecule has 3 aliphatic rings. The van der Waals surface area contributed by atoms with E-state index in [1.807, 2.05) is 11.3 Å². The number of hydrogen-bond acceptors (Lipinski definition) is 3. The quantitative estimate of drug-likeness (QED) is 0.164. The molecule has 0 radical (unpaired) electrons. The van der Waals surface area contributed by atoms with Crippen molar-refractivity contribution >= 4 is 88.5 Å². The minimum atomic E-state index is -0.562. The van der Waals surface area contributed by atoms with Gasteiger partial charge < -0.3 is 9.71 Å². The lowest BCUT2D eigenvalue weighted by Gasteiger charge is -2.52. The van der Waals surface area contributed by atoms with Crippen molar-refractivity contribution in [1.29, 1.82) is 0 Å². The SMILES string of the molecule is CC(C)(C)c1ccc(N2B3c4cccc5c4N(c4ccccc4C5(c4ccccc4)c4ccccc4)c4cc5ccccc5c(c43)-c3c2ccc2c3sc3ccccc32)cc1. The molecule has 0 saturated carbocycles. The van der Waals surface area contributed by atoms with Gasteiger partial charge in [0.05, 0.1) is 11.1 Å². The van der Waals surface area contributed by atoms with Crippen molar-refractivity contribution in [3.8, 4) is 11.1 Å². The molecule has 0 atom stereocenters. The Labute approximate surface area is 361 Å². The summed E-state index contributed by atoms with van der Waals surface area (Å²) < 4.78 is 2.67. The van der Waals surface area contributed by atoms with Crippen LogP contribution in [0.5, 0.6) is 0 Å². The van der Waals surface area contributed by atoms with Crippen LogP contribution in [0.1, 0.15) is 48.6 Å². The van der Waals surface area contributed by atoms with Gasteiger partial charge in [-0.1, -0.05) is 178 Å². The lowest BCUT2D eigenvalue weighted by atomic mass is 9.42. The van der Waals surface area contributed by atoms with Gasteiger partial charge >= 0.3 is 6.85 Å². The van der Waals surface area contributed by atoms with E-state index in [4.69, 9.17) is 0 Å². The van der Waals surface area contributed by atoms with E-state index in [1.165, 1.54) is 109 Å². The van der Waals surface area contributed by atoms with E-state index in [1.54, 1.807) is 0 Å². The molecule has 2 nitrogen and oxygen atoms in total. The van der Waals surface area contributed by atoms with E-state index in [0.717, 1.165) is 0 Å². The highest BCUT2D eigenvalue weighted by Gasteiger charge is 2.53. The van der Waals surface area contributed by atoms with Crippen molar-refractivity contribution in [1.82, 2.24) is 0 Å². The normalized spacial score (nSPS) is 14.5. The van der Waals surface area contributed by atoms with Crippen molar-refractivity contribution < 1.29 is 0 Å². The predicted molar refractivity (Wildman–Crippen MR) is 261 cm³/mol. The van der Waals surface area contributed by atoms with Crippen LogP contribution in [0.4, 0.5) is 28.4 Å². The lowest BCUT2D eigenvalue weighted by Crippen LogP contribution is -2.62. The average Bonchev–Trinajstić information content (AvgIpc) is 3.69. The highest BCUT2D eigenvalue weighted by molar-refractivity contribution is 7.26. The summed E-state index contributed by atoms with van der Waals surface area (Å²) in [6, 6.07) is 73.6. The first-order valence-electron chi connectivity index (χ1n) is 21.5. The number of nitrogens with zero attached hydrogens (tertiary/aromatic N) is 2. The maximum atomic E-state index is 2.69. The monoisotopic (exact) mass is 796 g/mol. The Hall–Kier alpha value is -6.88. The van der Waals surface area contributed by atoms with E-state index in [-0.39, 0.29) is 12.3 Å². The number of hydrogen-bond donors (Lipinski definition) is 0. The number of thiophene rings is 1. The molecule has 3 aliphatic heterocycles. The summed E-state index contributed by atoms with van der Waals surface area (Å²) in [5, 5.41) is 5.19. The maximum absolute atomic E-state index is 2.69. The van der Waals surface area contributed by atoms with Crippen LogP contribution in [0.25, 0.3) is 42.1 Å². The summed E-state index contributed by atoms with van der Waals surface area (Å²) in [6.07, 6.45) is 0. The second kappa shape index (κ2) is 12.6. The smallest absolute Gasteiger partial charge is 0.333 e. The number of benzene rings is 9. The van der Waals surface area contributed by atoms with Crippen molar-refractivity contribution in [3.63, 3.8) is 0 Å². The fraction of sp³-hybridized carbons (Fsp3) is 0.0877. The summed E-state index contributed by atoms with van der Waals surface area (Å²) in [4.78, 5) is 5.33. The lowest BCUT2D eigenvalue weighted by molar-refractivity contribution is 0.590. The van der Waals surface area contributed by atoms with E-state index in [0.29, 0.717) is 0 Å². The molecule has 1 aromatic heterocycles. The van der Waals surface area contributed by atoms with Gasteiger partial charge in [0.25, 0.3) is 0 Å². The molecule has 10 aromatic rings. The van der Waals surface area contributed by atoms with Crippen LogP contribution in [0.3, 0.4) is 0 Å². The molecule has 0 spiro atoms. The first kappa shape index (κ1) is 34.9. The van der Waals surface area contributed by atoms with Gasteiger partial charge in [-0.3, -0.25) is 0 Å². The van der Waals surface area contributed by atoms with Crippen LogP contribution in [0, 0.1) is 0 Å². The van der Waals surface area contributed by atoms with Crippen LogP contribution in [-0.4, -0.2) is 6.85 Å². The van der Waals surface area contributed by atoms with Crippen LogP contribution < -0.4 is 20.6 Å². The van der Waals surface area contributed by atoms with Gasteiger partial charge in [-0.2, -0.15) is 0 Å². The first-order valence-corrected chi connectivity index (χ1v) is 22.3. The van der Waals surface area contributed by atoms with Gasteiger partial charge in [-0.25, -0.2) is 0 Å². The summed E-state index contributed by atoms with van der Waals surface area (Å²) >= 11 is 1.93. The standard InChI is InChI=1S/C57H41BN2S/c1-56(2,3)37-29-31-40(32-30-37)60-48-34-33-43-42-23-12-15-28-50(42)61-55(43)52(48)51-41-22-11-10-17-36(41)35-49-53(51)58(60)46-26-16-25-45-54(46)59(49)47-27-14-13-24-44(47)57(45,38-18-6-4-7-19-38)39-20-8-5-9-21-39/h4-35H,1-3H3. The molecule has 13 rings (SSSR count). The van der Waals surface area contributed by atoms with E-state index in [2.05, 4.69) is 225 Å². The van der Waals surface area contributed by atoms with Crippen LogP contribution in [0.15, 0.2) is 194 Å². The third kappa shape index (κ3) is 4.63. The van der Waals surface area contributed by atoms with Gasteiger partial charge in [0, 0.05) is 48.5 Å². The number of anilines is 5. The molecule has 0 fully saturated rings. The van der Waals surface area contributed by atoms with E-state index >= 15 is 0 Å². The minimum Gasteiger partial charge on any atom is -0.376 e. The molecule has 9 aromatic carbocycles. The summed E-state index contributed by atoms with van der Waals surface area (Å²) in [7, 11) is 0. The van der Waals surface area contributed by atoms with Gasteiger partial charge in [0.1, 0.15) is 0 Å². The van der Waals surface area contributed by atoms with Crippen molar-refractivity contribution in [2.24, 2.45) is 0 Å². The summed E-state index contributed by atoms with van der Waals surface area (Å²) in [5.74, 6) is 0. The largest absolute Gasteiger partial charge is 0.376 e. The van der Waals surface area contributed by atoms with E-state index < -0.39 is 5.41 Å². The Kier molecular flexibility index (Phi) is 7.20. The molecule has 0 saturated heterocycles. The van der Waals surface area contributed by atoms with Gasteiger partial charge in [-0.05, 0) is 96.9 Å². The van der Waals surface area contributed by atoms with Gasteiger partial charge in [0.15, 0.2) is 0 Å². The Morgan fingerprint density at radius 3 is 1.92 bits per heavy atom. The third-order valence-electron chi connectivity index (χ3n) is 13.8. The number of fused-ring (bicyclic) bond motifs is 12. The zero-order valence-corrected chi connectivity index (χ0v) is 35.2. The van der Waals surface area contributed by atoms with Crippen molar-refractivity contribution in [2.75, 3.05) is 9.71 Å². The van der Waals surface area contributed by atoms with E-state index in [9.17, 15) is 0 Å². The highest BCUT2D eigenvalue weighted by atomic mass is 32.1. The first-order chi connectivity index (χ1) is 29.9. The predicted octanol–water partition coefficient (Wildman–Crippen LogP) is 13.9. The molecule has 288 valence electrons. The molecular weight excluding hydrogens is 756 g/mol. The zero-order valence-electron chi connectivity index (χ0n) is 34.4. The molecule has 0 aliphatic carbocycles. The molecule has 0 N–H and O–H groups in total. The fourth-order valence-corrected chi connectivity index (χ4v) is 12.5. The molecule has 0 amide bonds. The minimum absolute atomic E-state index is 0.0374. The second-order valence-corrected chi connectivity index (χ2v) is 19.0. The maximum Gasteiger partial charge on any atom is 0.333 e. The third-order valence-corrected chi connectivity index (χ3v) is 15.0. The Balaban J connectivity index is 1.22. The number of para-hydroxylation sites is 2. The highest BCUT2D eigenvalue weighted by Crippen LogP contribution is 2.60. The molecule has 0 unspecified atom stereocenters. The number of rotatable bonds is 3. The van der Waals surface area contributed by atoms with Crippen LogP contribution in [-0.2, 0) is 10.8 Å². The Morgan fingerprint density at radius 1 is 0.508 bits per heavy atom. The molecule has 4 heterocycles. The zero-order chi connectivity index (χ0) is 40.6. The summed E-state index contributed by atoms with van der Waals surface area (Å²) in [6.45, 7) is 6.81. The fourth-order valence-electron chi connectivity index (χ4n) is 11.3. The molecule has 0 bridgehead atoms. The molecule has 61 heavy (non-hydrogen) atoms. The second-order valence-electron chi connectivity index (χ2n) is 18.0. The van der Waals surface area contributed by atoms with Gasteiger partial charge in [0.2, 0.25) is 0 Å². The van der Waals surface area contributed by atoms with Crippen LogP contribution in [0.2, 0.25) is 0 Å². The van der Waals surface area contributed by atoms with Crippen molar-refractivity contribution in [3.05, 3.63) is 222 Å². The van der Waals surface area contributed by atoms with Gasteiger partial charge in [-0.15, -0.1) is 11.3 Å². The van der Waals surface area contributed by atoms with Crippen molar-refractivity contribution in [2.45, 2.75) is 31.6 Å². The average molecular weight is 797 g/mol. The molecular formula is C57H41BN2S. The summed E-state index contributed by atoms with van der Waals surface area (Å²) in [5.41, 5.74) is 17.5. The Bertz CT molecular complexity index is 3380. The Morgan fingerprint density at radius 2 is 1.16 bits per heavy atom.